The van der Waals surface area contributed by atoms with Crippen LogP contribution >= 0.6 is 7.60 Å². The van der Waals surface area contributed by atoms with Crippen LogP contribution in [0.15, 0.2) is 121 Å². The minimum atomic E-state index is -4.17. The van der Waals surface area contributed by atoms with Crippen LogP contribution in [0.2, 0.25) is 0 Å². The van der Waals surface area contributed by atoms with Crippen molar-refractivity contribution in [3.8, 4) is 0 Å². The summed E-state index contributed by atoms with van der Waals surface area (Å²) in [6.45, 7) is 11.5. The summed E-state index contributed by atoms with van der Waals surface area (Å²) in [4.78, 5) is 35.9. The Hall–Kier alpha value is -4.22. The van der Waals surface area contributed by atoms with Crippen LogP contribution in [0.1, 0.15) is 52.2 Å². The molecular weight excluding hydrogens is 615 g/mol. The van der Waals surface area contributed by atoms with Crippen molar-refractivity contribution in [3.05, 3.63) is 132 Å². The van der Waals surface area contributed by atoms with Crippen LogP contribution in [0.25, 0.3) is 21.5 Å². The molecule has 48 heavy (non-hydrogen) atoms. The first-order valence-electron chi connectivity index (χ1n) is 16.7. The van der Waals surface area contributed by atoms with Gasteiger partial charge < -0.3 is 19.6 Å². The van der Waals surface area contributed by atoms with Gasteiger partial charge in [0.25, 0.3) is 0 Å². The van der Waals surface area contributed by atoms with Gasteiger partial charge in [-0.25, -0.2) is 0 Å². The molecule has 4 aromatic rings. The van der Waals surface area contributed by atoms with Crippen LogP contribution in [0.3, 0.4) is 0 Å². The van der Waals surface area contributed by atoms with E-state index in [1.165, 1.54) is 27.3 Å². The number of carbonyl (C=O) groups is 1. The number of carbonyl (C=O) groups excluding carboxylic acids is 1. The number of fused-ring (bicyclic) bond motifs is 6. The topological polar surface area (TPSA) is 81.1 Å². The van der Waals surface area contributed by atoms with E-state index in [-0.39, 0.29) is 35.4 Å². The SMILES string of the molecule is CC(=O)CCN1/C(=C/C=C/C=C/C=C/C2N(CCP(=O)(O)O)c3ccc4ccccc4c3C2(C)C)C(C)(C)c2c1ccc1ccccc21. The fourth-order valence-corrected chi connectivity index (χ4v) is 8.24. The lowest BCUT2D eigenvalue weighted by Gasteiger charge is -2.32. The summed E-state index contributed by atoms with van der Waals surface area (Å²) in [5, 5.41) is 4.78. The minimum absolute atomic E-state index is 0.0805. The number of hydrogen-bond acceptors (Lipinski definition) is 4. The molecule has 0 bridgehead atoms. The molecule has 6 rings (SSSR count). The molecule has 1 unspecified atom stereocenters. The molecule has 0 amide bonds. The van der Waals surface area contributed by atoms with Gasteiger partial charge in [0.2, 0.25) is 0 Å². The molecule has 6 nitrogen and oxygen atoms in total. The van der Waals surface area contributed by atoms with Crippen molar-refractivity contribution in [2.75, 3.05) is 29.1 Å². The number of ketones is 1. The quantitative estimate of drug-likeness (QED) is 0.131. The van der Waals surface area contributed by atoms with Gasteiger partial charge in [-0.2, -0.15) is 0 Å². The molecule has 7 heteroatoms. The van der Waals surface area contributed by atoms with E-state index in [4.69, 9.17) is 0 Å². The van der Waals surface area contributed by atoms with E-state index in [2.05, 4.69) is 116 Å². The predicted octanol–water partition coefficient (Wildman–Crippen LogP) is 8.97. The Kier molecular flexibility index (Phi) is 9.12. The third-order valence-electron chi connectivity index (χ3n) is 10.0. The second kappa shape index (κ2) is 13.0. The van der Waals surface area contributed by atoms with Gasteiger partial charge in [0, 0.05) is 47.4 Å². The van der Waals surface area contributed by atoms with Gasteiger partial charge in [0.1, 0.15) is 5.78 Å². The lowest BCUT2D eigenvalue weighted by atomic mass is 9.78. The molecular formula is C41H45N2O4P. The Bertz CT molecular complexity index is 2050. The highest BCUT2D eigenvalue weighted by Crippen LogP contribution is 2.51. The van der Waals surface area contributed by atoms with Gasteiger partial charge in [-0.1, -0.05) is 125 Å². The summed E-state index contributed by atoms with van der Waals surface area (Å²) in [5.74, 6) is 0.175. The predicted molar refractivity (Wildman–Crippen MR) is 200 cm³/mol. The van der Waals surface area contributed by atoms with Crippen molar-refractivity contribution in [2.45, 2.75) is 57.9 Å². The first-order chi connectivity index (χ1) is 22.8. The zero-order valence-corrected chi connectivity index (χ0v) is 29.3. The van der Waals surface area contributed by atoms with E-state index in [0.29, 0.717) is 13.0 Å². The molecule has 2 aliphatic rings. The number of nitrogens with zero attached hydrogens (tertiary/aromatic N) is 2. The molecule has 0 spiro atoms. The number of anilines is 2. The maximum Gasteiger partial charge on any atom is 0.327 e. The van der Waals surface area contributed by atoms with Gasteiger partial charge in [0.05, 0.1) is 12.2 Å². The lowest BCUT2D eigenvalue weighted by Crippen LogP contribution is -2.41. The molecule has 248 valence electrons. The van der Waals surface area contributed by atoms with Gasteiger partial charge in [-0.05, 0) is 57.8 Å². The van der Waals surface area contributed by atoms with E-state index < -0.39 is 7.60 Å². The molecule has 0 saturated carbocycles. The number of rotatable bonds is 10. The smallest absolute Gasteiger partial charge is 0.327 e. The molecule has 1 atom stereocenters. The van der Waals surface area contributed by atoms with Crippen molar-refractivity contribution in [1.29, 1.82) is 0 Å². The third kappa shape index (κ3) is 6.33. The zero-order valence-electron chi connectivity index (χ0n) is 28.4. The Morgan fingerprint density at radius 1 is 0.771 bits per heavy atom. The summed E-state index contributed by atoms with van der Waals surface area (Å²) >= 11 is 0. The highest BCUT2D eigenvalue weighted by molar-refractivity contribution is 7.51. The number of Topliss-reactive ketones (excluding diaryl/α,β-unsaturated/α-hetero) is 1. The van der Waals surface area contributed by atoms with Crippen molar-refractivity contribution >= 4 is 46.3 Å². The molecule has 0 fully saturated rings. The Labute approximate surface area is 283 Å². The van der Waals surface area contributed by atoms with E-state index in [1.807, 2.05) is 36.4 Å². The Morgan fingerprint density at radius 2 is 1.35 bits per heavy atom. The highest BCUT2D eigenvalue weighted by atomic mass is 31.2. The normalized spacial score (nSPS) is 19.5. The Balaban J connectivity index is 1.26. The third-order valence-corrected chi connectivity index (χ3v) is 10.8. The van der Waals surface area contributed by atoms with Crippen molar-refractivity contribution in [2.24, 2.45) is 0 Å². The first-order valence-corrected chi connectivity index (χ1v) is 18.5. The summed E-state index contributed by atoms with van der Waals surface area (Å²) in [6, 6.07) is 25.3. The van der Waals surface area contributed by atoms with Crippen molar-refractivity contribution in [1.82, 2.24) is 0 Å². The summed E-state index contributed by atoms with van der Waals surface area (Å²) < 4.78 is 11.9. The second-order valence-electron chi connectivity index (χ2n) is 14.0. The number of allylic oxidation sites excluding steroid dienone is 7. The van der Waals surface area contributed by atoms with Crippen LogP contribution in [0.4, 0.5) is 11.4 Å². The standard InChI is InChI=1S/C41H45N2O4P/c1-29(44)25-26-42-34-23-21-30-15-11-13-17-32(30)38(34)40(2,3)36(42)19-9-7-6-8-10-20-37-41(4,5)39-33-18-14-12-16-31(33)22-24-35(39)43(37)27-28-48(45,46)47/h6-24,37H,25-28H2,1-5H3,(H2,45,46,47)/b8-6+,9-7+,20-10+,36-19+. The van der Waals surface area contributed by atoms with Crippen molar-refractivity contribution < 1.29 is 19.1 Å². The summed E-state index contributed by atoms with van der Waals surface area (Å²) in [6.07, 6.45) is 14.7. The molecule has 0 aromatic heterocycles. The number of hydrogen-bond donors (Lipinski definition) is 2. The Morgan fingerprint density at radius 3 is 2.00 bits per heavy atom. The summed E-state index contributed by atoms with van der Waals surface area (Å²) in [5.41, 5.74) is 5.32. The molecule has 2 heterocycles. The van der Waals surface area contributed by atoms with Crippen LogP contribution < -0.4 is 9.80 Å². The lowest BCUT2D eigenvalue weighted by molar-refractivity contribution is -0.116. The monoisotopic (exact) mass is 660 g/mol. The fraction of sp³-hybridized carbons (Fsp3) is 0.293. The van der Waals surface area contributed by atoms with E-state index in [1.54, 1.807) is 6.92 Å². The minimum Gasteiger partial charge on any atom is -0.363 e. The highest BCUT2D eigenvalue weighted by Gasteiger charge is 2.44. The molecule has 0 radical (unpaired) electrons. The van der Waals surface area contributed by atoms with E-state index >= 15 is 0 Å². The molecule has 2 aliphatic heterocycles. The zero-order chi connectivity index (χ0) is 34.3. The fourth-order valence-electron chi connectivity index (χ4n) is 7.76. The van der Waals surface area contributed by atoms with Crippen LogP contribution in [0.5, 0.6) is 0 Å². The number of benzene rings is 4. The van der Waals surface area contributed by atoms with Crippen LogP contribution in [-0.4, -0.2) is 40.9 Å². The van der Waals surface area contributed by atoms with Crippen molar-refractivity contribution in [3.63, 3.8) is 0 Å². The molecule has 0 aliphatic carbocycles. The van der Waals surface area contributed by atoms with Crippen LogP contribution in [0, 0.1) is 0 Å². The van der Waals surface area contributed by atoms with Gasteiger partial charge in [-0.15, -0.1) is 0 Å². The average Bonchev–Trinajstić information content (AvgIpc) is 3.40. The largest absolute Gasteiger partial charge is 0.363 e. The maximum absolute atomic E-state index is 12.0. The van der Waals surface area contributed by atoms with E-state index in [9.17, 15) is 19.1 Å². The van der Waals surface area contributed by atoms with Gasteiger partial charge in [0.15, 0.2) is 0 Å². The summed E-state index contributed by atoms with van der Waals surface area (Å²) in [7, 11) is -4.17. The molecule has 2 N–H and O–H groups in total. The van der Waals surface area contributed by atoms with Gasteiger partial charge in [-0.3, -0.25) is 9.36 Å². The first kappa shape index (κ1) is 33.7. The average molecular weight is 661 g/mol. The van der Waals surface area contributed by atoms with Crippen LogP contribution in [-0.2, 0) is 20.2 Å². The second-order valence-corrected chi connectivity index (χ2v) is 15.8. The molecule has 0 saturated heterocycles. The molecule has 4 aromatic carbocycles. The van der Waals surface area contributed by atoms with Gasteiger partial charge >= 0.3 is 7.60 Å². The van der Waals surface area contributed by atoms with E-state index in [0.717, 1.165) is 22.5 Å². The maximum atomic E-state index is 12.0.